The first-order valence-corrected chi connectivity index (χ1v) is 11.6. The standard InChI is InChI=1S/C26H32N4S/c1-6-20-10-12-21(13-11-20)30-18(4)15-22(19(30)5)25-24(23-9-7-8-14-27-23)28-26(31)29(25)16-17(2)3/h7-15,17,24-25H,6,16H2,1-5H3,(H,28,31)/t24-,25+/m1/s1. The zero-order valence-electron chi connectivity index (χ0n) is 19.1. The Balaban J connectivity index is 1.81. The zero-order valence-corrected chi connectivity index (χ0v) is 19.9. The van der Waals surface area contributed by atoms with Crippen LogP contribution in [0.25, 0.3) is 5.69 Å². The molecule has 0 bridgehead atoms. The van der Waals surface area contributed by atoms with Gasteiger partial charge in [0.25, 0.3) is 0 Å². The molecule has 4 nitrogen and oxygen atoms in total. The Hall–Kier alpha value is -2.66. The zero-order chi connectivity index (χ0) is 22.1. The van der Waals surface area contributed by atoms with Crippen LogP contribution in [0, 0.1) is 19.8 Å². The van der Waals surface area contributed by atoms with E-state index < -0.39 is 0 Å². The van der Waals surface area contributed by atoms with E-state index >= 15 is 0 Å². The Kier molecular flexibility index (Phi) is 6.15. The van der Waals surface area contributed by atoms with Gasteiger partial charge < -0.3 is 14.8 Å². The van der Waals surface area contributed by atoms with E-state index in [1.807, 2.05) is 18.3 Å². The van der Waals surface area contributed by atoms with Crippen LogP contribution in [0.2, 0.25) is 0 Å². The van der Waals surface area contributed by atoms with E-state index in [-0.39, 0.29) is 12.1 Å². The first-order valence-electron chi connectivity index (χ1n) is 11.2. The van der Waals surface area contributed by atoms with Crippen molar-refractivity contribution >= 4 is 17.3 Å². The lowest BCUT2D eigenvalue weighted by Crippen LogP contribution is -2.33. The SMILES string of the molecule is CCc1ccc(-n2c(C)cc([C@H]3[C@@H](c4ccccn4)NC(=S)N3CC(C)C)c2C)cc1. The van der Waals surface area contributed by atoms with Crippen molar-refractivity contribution in [2.75, 3.05) is 6.54 Å². The maximum atomic E-state index is 5.80. The van der Waals surface area contributed by atoms with Crippen molar-refractivity contribution in [3.63, 3.8) is 0 Å². The molecule has 31 heavy (non-hydrogen) atoms. The molecule has 1 aromatic carbocycles. The van der Waals surface area contributed by atoms with Crippen molar-refractivity contribution in [1.82, 2.24) is 19.8 Å². The lowest BCUT2D eigenvalue weighted by atomic mass is 9.96. The van der Waals surface area contributed by atoms with Crippen LogP contribution in [0.5, 0.6) is 0 Å². The molecule has 0 radical (unpaired) electrons. The molecule has 0 amide bonds. The third kappa shape index (κ3) is 4.11. The number of pyridine rings is 1. The van der Waals surface area contributed by atoms with Crippen LogP contribution in [0.4, 0.5) is 0 Å². The number of aryl methyl sites for hydroxylation is 2. The van der Waals surface area contributed by atoms with Crippen LogP contribution in [-0.2, 0) is 6.42 Å². The number of rotatable bonds is 6. The molecule has 1 N–H and O–H groups in total. The third-order valence-electron chi connectivity index (χ3n) is 6.15. The van der Waals surface area contributed by atoms with Crippen LogP contribution in [-0.4, -0.2) is 26.1 Å². The first-order chi connectivity index (χ1) is 14.9. The van der Waals surface area contributed by atoms with Crippen molar-refractivity contribution < 1.29 is 0 Å². The summed E-state index contributed by atoms with van der Waals surface area (Å²) in [6, 6.07) is 17.5. The Morgan fingerprint density at radius 2 is 1.84 bits per heavy atom. The molecule has 2 aromatic heterocycles. The Morgan fingerprint density at radius 3 is 2.45 bits per heavy atom. The average Bonchev–Trinajstić information content (AvgIpc) is 3.24. The van der Waals surface area contributed by atoms with Gasteiger partial charge in [0.05, 0.1) is 17.8 Å². The van der Waals surface area contributed by atoms with Crippen LogP contribution in [0.3, 0.4) is 0 Å². The summed E-state index contributed by atoms with van der Waals surface area (Å²) in [5.74, 6) is 0.509. The second-order valence-electron chi connectivity index (χ2n) is 8.85. The summed E-state index contributed by atoms with van der Waals surface area (Å²) in [5.41, 5.74) is 7.39. The molecular formula is C26H32N4S. The summed E-state index contributed by atoms with van der Waals surface area (Å²) in [5, 5.41) is 4.38. The molecule has 0 aliphatic carbocycles. The van der Waals surface area contributed by atoms with Crippen molar-refractivity contribution in [3.8, 4) is 5.69 Å². The molecule has 1 aliphatic rings. The number of thiocarbonyl (C=S) groups is 1. The highest BCUT2D eigenvalue weighted by Gasteiger charge is 2.41. The number of aromatic nitrogens is 2. The topological polar surface area (TPSA) is 33.1 Å². The number of hydrogen-bond donors (Lipinski definition) is 1. The smallest absolute Gasteiger partial charge is 0.170 e. The second-order valence-corrected chi connectivity index (χ2v) is 9.24. The molecule has 0 spiro atoms. The summed E-state index contributed by atoms with van der Waals surface area (Å²) in [7, 11) is 0. The minimum absolute atomic E-state index is 0.0314. The van der Waals surface area contributed by atoms with E-state index in [9.17, 15) is 0 Å². The van der Waals surface area contributed by atoms with Gasteiger partial charge in [0.15, 0.2) is 5.11 Å². The summed E-state index contributed by atoms with van der Waals surface area (Å²) in [6.45, 7) is 12.0. The van der Waals surface area contributed by atoms with E-state index in [1.54, 1.807) is 0 Å². The monoisotopic (exact) mass is 432 g/mol. The van der Waals surface area contributed by atoms with Crippen LogP contribution < -0.4 is 5.32 Å². The Bertz CT molecular complexity index is 1050. The molecule has 1 fully saturated rings. The maximum Gasteiger partial charge on any atom is 0.170 e. The van der Waals surface area contributed by atoms with Gasteiger partial charge in [-0.1, -0.05) is 39.0 Å². The lowest BCUT2D eigenvalue weighted by molar-refractivity contribution is 0.287. The predicted octanol–water partition coefficient (Wildman–Crippen LogP) is 5.68. The van der Waals surface area contributed by atoms with Gasteiger partial charge in [0, 0.05) is 29.8 Å². The van der Waals surface area contributed by atoms with E-state index in [2.05, 4.69) is 90.8 Å². The average molecular weight is 433 g/mol. The van der Waals surface area contributed by atoms with E-state index in [4.69, 9.17) is 12.2 Å². The summed E-state index contributed by atoms with van der Waals surface area (Å²) < 4.78 is 2.36. The van der Waals surface area contributed by atoms with Gasteiger partial charge in [-0.3, -0.25) is 4.98 Å². The van der Waals surface area contributed by atoms with E-state index in [0.717, 1.165) is 23.8 Å². The fourth-order valence-corrected chi connectivity index (χ4v) is 5.01. The molecular weight excluding hydrogens is 400 g/mol. The summed E-state index contributed by atoms with van der Waals surface area (Å²) in [6.07, 6.45) is 2.91. The molecule has 162 valence electrons. The molecule has 2 atom stereocenters. The maximum absolute atomic E-state index is 5.80. The fraction of sp³-hybridized carbons (Fsp3) is 0.385. The second kappa shape index (κ2) is 8.83. The molecule has 0 saturated carbocycles. The van der Waals surface area contributed by atoms with Crippen LogP contribution in [0.1, 0.15) is 61.1 Å². The molecule has 3 heterocycles. The van der Waals surface area contributed by atoms with Gasteiger partial charge in [-0.15, -0.1) is 0 Å². The molecule has 4 rings (SSSR count). The Labute approximate surface area is 191 Å². The summed E-state index contributed by atoms with van der Waals surface area (Å²) >= 11 is 5.80. The number of hydrogen-bond acceptors (Lipinski definition) is 2. The van der Waals surface area contributed by atoms with Gasteiger partial charge in [0.1, 0.15) is 0 Å². The highest BCUT2D eigenvalue weighted by molar-refractivity contribution is 7.80. The molecule has 3 aromatic rings. The number of nitrogens with zero attached hydrogens (tertiary/aromatic N) is 3. The van der Waals surface area contributed by atoms with Crippen molar-refractivity contribution in [2.45, 2.75) is 53.1 Å². The normalized spacial score (nSPS) is 18.6. The minimum Gasteiger partial charge on any atom is -0.352 e. The predicted molar refractivity (Wildman–Crippen MR) is 132 cm³/mol. The van der Waals surface area contributed by atoms with Gasteiger partial charge >= 0.3 is 0 Å². The molecule has 5 heteroatoms. The van der Waals surface area contributed by atoms with Crippen LogP contribution in [0.15, 0.2) is 54.7 Å². The number of nitrogens with one attached hydrogen (secondary N) is 1. The van der Waals surface area contributed by atoms with Crippen molar-refractivity contribution in [3.05, 3.63) is 82.9 Å². The van der Waals surface area contributed by atoms with Crippen molar-refractivity contribution in [2.24, 2.45) is 5.92 Å². The van der Waals surface area contributed by atoms with Gasteiger partial charge in [-0.2, -0.15) is 0 Å². The molecule has 0 unspecified atom stereocenters. The van der Waals surface area contributed by atoms with Crippen molar-refractivity contribution in [1.29, 1.82) is 0 Å². The van der Waals surface area contributed by atoms with Gasteiger partial charge in [-0.05, 0) is 79.9 Å². The lowest BCUT2D eigenvalue weighted by Gasteiger charge is -2.29. The highest BCUT2D eigenvalue weighted by Crippen LogP contribution is 2.41. The van der Waals surface area contributed by atoms with E-state index in [0.29, 0.717) is 5.92 Å². The Morgan fingerprint density at radius 1 is 1.10 bits per heavy atom. The summed E-state index contributed by atoms with van der Waals surface area (Å²) in [4.78, 5) is 7.02. The fourth-order valence-electron chi connectivity index (χ4n) is 4.70. The largest absolute Gasteiger partial charge is 0.352 e. The molecule has 1 saturated heterocycles. The molecule has 1 aliphatic heterocycles. The quantitative estimate of drug-likeness (QED) is 0.508. The number of benzene rings is 1. The van der Waals surface area contributed by atoms with Gasteiger partial charge in [-0.25, -0.2) is 0 Å². The van der Waals surface area contributed by atoms with Gasteiger partial charge in [0.2, 0.25) is 0 Å². The highest BCUT2D eigenvalue weighted by atomic mass is 32.1. The third-order valence-corrected chi connectivity index (χ3v) is 6.50. The first kappa shape index (κ1) is 21.6. The van der Waals surface area contributed by atoms with E-state index in [1.165, 1.54) is 28.2 Å². The minimum atomic E-state index is 0.0314. The van der Waals surface area contributed by atoms with Crippen LogP contribution >= 0.6 is 12.2 Å².